The lowest BCUT2D eigenvalue weighted by atomic mass is 10.1. The maximum Gasteiger partial charge on any atom is 0.240 e. The molecule has 0 saturated heterocycles. The topological polar surface area (TPSA) is 75.4 Å². The molecule has 0 aliphatic heterocycles. The Balaban J connectivity index is 2.91. The van der Waals surface area contributed by atoms with Gasteiger partial charge in [0.2, 0.25) is 10.0 Å². The third-order valence-electron chi connectivity index (χ3n) is 3.58. The van der Waals surface area contributed by atoms with Crippen LogP contribution in [-0.2, 0) is 16.6 Å². The third kappa shape index (κ3) is 4.93. The van der Waals surface area contributed by atoms with Crippen molar-refractivity contribution in [2.45, 2.75) is 38.3 Å². The number of nitrogens with two attached hydrogens (primary N) is 1. The summed E-state index contributed by atoms with van der Waals surface area (Å²) in [5, 5.41) is 0.376. The number of rotatable bonds is 7. The first-order valence-corrected chi connectivity index (χ1v) is 8.74. The van der Waals surface area contributed by atoms with Gasteiger partial charge in [-0.25, -0.2) is 13.1 Å². The molecule has 0 unspecified atom stereocenters. The van der Waals surface area contributed by atoms with Gasteiger partial charge in [0, 0.05) is 30.7 Å². The average Bonchev–Trinajstić information content (AvgIpc) is 2.40. The number of likely N-dealkylation sites (N-methyl/N-ethyl adjacent to an activating group) is 1. The Morgan fingerprint density at radius 3 is 2.52 bits per heavy atom. The Morgan fingerprint density at radius 2 is 2.00 bits per heavy atom. The van der Waals surface area contributed by atoms with Crippen molar-refractivity contribution in [3.05, 3.63) is 28.3 Å². The van der Waals surface area contributed by atoms with Gasteiger partial charge in [-0.2, -0.15) is 0 Å². The molecule has 0 bridgehead atoms. The Hall–Kier alpha value is -0.660. The fourth-order valence-electron chi connectivity index (χ4n) is 1.89. The van der Waals surface area contributed by atoms with Crippen LogP contribution in [0.3, 0.4) is 0 Å². The van der Waals surface area contributed by atoms with Gasteiger partial charge in [0.25, 0.3) is 0 Å². The van der Waals surface area contributed by atoms with Crippen LogP contribution >= 0.6 is 11.6 Å². The number of nitrogens with zero attached hydrogens (tertiary/aromatic N) is 1. The molecular formula is C14H24ClN3O2S. The first-order valence-electron chi connectivity index (χ1n) is 6.88. The summed E-state index contributed by atoms with van der Waals surface area (Å²) in [4.78, 5) is 2.27. The van der Waals surface area contributed by atoms with Crippen LogP contribution in [-0.4, -0.2) is 39.5 Å². The SMILES string of the molecule is Cc1c(CN)cc(Cl)cc1S(=O)(=O)NCCN(C)C(C)C. The summed E-state index contributed by atoms with van der Waals surface area (Å²) >= 11 is 5.98. The number of nitrogens with one attached hydrogen (secondary N) is 1. The summed E-state index contributed by atoms with van der Waals surface area (Å²) in [6, 6.07) is 3.53. The van der Waals surface area contributed by atoms with E-state index in [1.807, 2.05) is 7.05 Å². The minimum Gasteiger partial charge on any atom is -0.326 e. The molecule has 0 aliphatic carbocycles. The zero-order valence-electron chi connectivity index (χ0n) is 13.0. The van der Waals surface area contributed by atoms with Crippen molar-refractivity contribution < 1.29 is 8.42 Å². The second-order valence-electron chi connectivity index (χ2n) is 5.36. The van der Waals surface area contributed by atoms with Gasteiger partial charge in [0.15, 0.2) is 0 Å². The van der Waals surface area contributed by atoms with Crippen LogP contribution in [0.2, 0.25) is 5.02 Å². The normalized spacial score (nSPS) is 12.4. The molecule has 0 aliphatic rings. The molecule has 5 nitrogen and oxygen atoms in total. The maximum atomic E-state index is 12.4. The highest BCUT2D eigenvalue weighted by molar-refractivity contribution is 7.89. The van der Waals surface area contributed by atoms with Gasteiger partial charge in [-0.3, -0.25) is 0 Å². The van der Waals surface area contributed by atoms with E-state index in [9.17, 15) is 8.42 Å². The fourth-order valence-corrected chi connectivity index (χ4v) is 3.53. The molecular weight excluding hydrogens is 310 g/mol. The van der Waals surface area contributed by atoms with E-state index in [1.165, 1.54) is 6.07 Å². The van der Waals surface area contributed by atoms with Gasteiger partial charge in [0.05, 0.1) is 4.90 Å². The van der Waals surface area contributed by atoms with Gasteiger partial charge in [-0.1, -0.05) is 11.6 Å². The van der Waals surface area contributed by atoms with Crippen molar-refractivity contribution in [2.75, 3.05) is 20.1 Å². The zero-order chi connectivity index (χ0) is 16.2. The Morgan fingerprint density at radius 1 is 1.38 bits per heavy atom. The summed E-state index contributed by atoms with van der Waals surface area (Å²) in [7, 11) is -1.63. The van der Waals surface area contributed by atoms with Gasteiger partial charge in [-0.15, -0.1) is 0 Å². The molecule has 1 rings (SSSR count). The number of hydrogen-bond donors (Lipinski definition) is 2. The Bertz CT molecular complexity index is 588. The van der Waals surface area contributed by atoms with Crippen LogP contribution < -0.4 is 10.5 Å². The van der Waals surface area contributed by atoms with Gasteiger partial charge < -0.3 is 10.6 Å². The van der Waals surface area contributed by atoms with E-state index in [-0.39, 0.29) is 11.4 Å². The molecule has 0 atom stereocenters. The lowest BCUT2D eigenvalue weighted by molar-refractivity contribution is 0.278. The smallest absolute Gasteiger partial charge is 0.240 e. The van der Waals surface area contributed by atoms with Crippen LogP contribution in [0.15, 0.2) is 17.0 Å². The molecule has 21 heavy (non-hydrogen) atoms. The predicted molar refractivity (Wildman–Crippen MR) is 87.0 cm³/mol. The van der Waals surface area contributed by atoms with Crippen LogP contribution in [0.5, 0.6) is 0 Å². The lowest BCUT2D eigenvalue weighted by Gasteiger charge is -2.21. The summed E-state index contributed by atoms with van der Waals surface area (Å²) in [6.45, 7) is 7.10. The number of halogens is 1. The first kappa shape index (κ1) is 18.4. The summed E-state index contributed by atoms with van der Waals surface area (Å²) in [5.74, 6) is 0. The van der Waals surface area contributed by atoms with E-state index in [4.69, 9.17) is 17.3 Å². The molecule has 3 N–H and O–H groups in total. The van der Waals surface area contributed by atoms with E-state index in [0.29, 0.717) is 29.7 Å². The second kappa shape index (κ2) is 7.56. The Kier molecular flexibility index (Phi) is 6.62. The Labute approximate surface area is 132 Å². The number of sulfonamides is 1. The largest absolute Gasteiger partial charge is 0.326 e. The van der Waals surface area contributed by atoms with Crippen molar-refractivity contribution in [2.24, 2.45) is 5.73 Å². The highest BCUT2D eigenvalue weighted by Crippen LogP contribution is 2.24. The molecule has 0 radical (unpaired) electrons. The third-order valence-corrected chi connectivity index (χ3v) is 5.39. The van der Waals surface area contributed by atoms with E-state index in [1.54, 1.807) is 13.0 Å². The molecule has 0 heterocycles. The van der Waals surface area contributed by atoms with Gasteiger partial charge in [-0.05, 0) is 51.1 Å². The van der Waals surface area contributed by atoms with E-state index < -0.39 is 10.0 Å². The van der Waals surface area contributed by atoms with E-state index >= 15 is 0 Å². The highest BCUT2D eigenvalue weighted by Gasteiger charge is 2.19. The zero-order valence-corrected chi connectivity index (χ0v) is 14.6. The van der Waals surface area contributed by atoms with E-state index in [2.05, 4.69) is 23.5 Å². The second-order valence-corrected chi connectivity index (χ2v) is 7.54. The molecule has 0 spiro atoms. The highest BCUT2D eigenvalue weighted by atomic mass is 35.5. The van der Waals surface area contributed by atoms with Crippen LogP contribution in [0.25, 0.3) is 0 Å². The fraction of sp³-hybridized carbons (Fsp3) is 0.571. The van der Waals surface area contributed by atoms with Gasteiger partial charge in [0.1, 0.15) is 0 Å². The number of hydrogen-bond acceptors (Lipinski definition) is 4. The van der Waals surface area contributed by atoms with Crippen molar-refractivity contribution in [1.82, 2.24) is 9.62 Å². The standard InChI is InChI=1S/C14H24ClN3O2S/c1-10(2)18(4)6-5-17-21(19,20)14-8-13(15)7-12(9-16)11(14)3/h7-8,10,17H,5-6,9,16H2,1-4H3. The average molecular weight is 334 g/mol. The van der Waals surface area contributed by atoms with Crippen LogP contribution in [0, 0.1) is 6.92 Å². The van der Waals surface area contributed by atoms with Crippen LogP contribution in [0.1, 0.15) is 25.0 Å². The minimum absolute atomic E-state index is 0.197. The van der Waals surface area contributed by atoms with Crippen molar-refractivity contribution in [3.63, 3.8) is 0 Å². The molecule has 0 aromatic heterocycles. The molecule has 120 valence electrons. The maximum absolute atomic E-state index is 12.4. The van der Waals surface area contributed by atoms with Crippen molar-refractivity contribution >= 4 is 21.6 Å². The van der Waals surface area contributed by atoms with Crippen LogP contribution in [0.4, 0.5) is 0 Å². The summed E-state index contributed by atoms with van der Waals surface area (Å²) < 4.78 is 27.4. The lowest BCUT2D eigenvalue weighted by Crippen LogP contribution is -2.36. The quantitative estimate of drug-likeness (QED) is 0.796. The minimum atomic E-state index is -3.58. The summed E-state index contributed by atoms with van der Waals surface area (Å²) in [5.41, 5.74) is 7.01. The van der Waals surface area contributed by atoms with Crippen molar-refractivity contribution in [1.29, 1.82) is 0 Å². The van der Waals surface area contributed by atoms with E-state index in [0.717, 1.165) is 5.56 Å². The molecule has 7 heteroatoms. The molecule has 1 aromatic rings. The van der Waals surface area contributed by atoms with Gasteiger partial charge >= 0.3 is 0 Å². The predicted octanol–water partition coefficient (Wildman–Crippen LogP) is 1.73. The van der Waals surface area contributed by atoms with Crippen molar-refractivity contribution in [3.8, 4) is 0 Å². The molecule has 1 aromatic carbocycles. The first-order chi connectivity index (χ1) is 9.69. The monoisotopic (exact) mass is 333 g/mol. The number of benzene rings is 1. The molecule has 0 amide bonds. The molecule has 0 saturated carbocycles. The summed E-state index contributed by atoms with van der Waals surface area (Å²) in [6.07, 6.45) is 0. The molecule has 0 fully saturated rings.